The van der Waals surface area contributed by atoms with Gasteiger partial charge in [0.25, 0.3) is 0 Å². The maximum Gasteiger partial charge on any atom is 0.207 e. The molecule has 1 saturated heterocycles. The first-order valence-corrected chi connectivity index (χ1v) is 2.80. The van der Waals surface area contributed by atoms with Crippen molar-refractivity contribution in [2.45, 2.75) is 12.1 Å². The number of carbonyl (C=O) groups is 1. The maximum atomic E-state index is 9.83. The molecule has 0 radical (unpaired) electrons. The zero-order valence-electron chi connectivity index (χ0n) is 4.91. The number of hydrogen-bond acceptors (Lipinski definition) is 3. The first-order valence-electron chi connectivity index (χ1n) is 2.80. The van der Waals surface area contributed by atoms with E-state index in [4.69, 9.17) is 9.84 Å². The van der Waals surface area contributed by atoms with Crippen molar-refractivity contribution in [1.82, 2.24) is 5.32 Å². The second kappa shape index (κ2) is 2.80. The van der Waals surface area contributed by atoms with Crippen LogP contribution in [0.3, 0.4) is 0 Å². The molecule has 0 spiro atoms. The van der Waals surface area contributed by atoms with E-state index in [0.717, 1.165) is 0 Å². The molecule has 1 aliphatic heterocycles. The average molecular weight is 131 g/mol. The van der Waals surface area contributed by atoms with Crippen molar-refractivity contribution in [3.05, 3.63) is 0 Å². The van der Waals surface area contributed by atoms with Gasteiger partial charge in [-0.25, -0.2) is 0 Å². The minimum Gasteiger partial charge on any atom is -0.388 e. The molecule has 0 aromatic carbocycles. The highest BCUT2D eigenvalue weighted by molar-refractivity contribution is 5.46. The monoisotopic (exact) mass is 131 g/mol. The topological polar surface area (TPSA) is 58.6 Å². The lowest BCUT2D eigenvalue weighted by Crippen LogP contribution is -2.37. The summed E-state index contributed by atoms with van der Waals surface area (Å²) in [5.74, 6) is 0. The summed E-state index contributed by atoms with van der Waals surface area (Å²) in [6.45, 7) is 0.741. The lowest BCUT2D eigenvalue weighted by atomic mass is 10.2. The highest BCUT2D eigenvalue weighted by atomic mass is 16.5. The van der Waals surface area contributed by atoms with Gasteiger partial charge in [0.15, 0.2) is 0 Å². The van der Waals surface area contributed by atoms with E-state index >= 15 is 0 Å². The second-order valence-corrected chi connectivity index (χ2v) is 2.00. The van der Waals surface area contributed by atoms with Gasteiger partial charge in [0, 0.05) is 0 Å². The summed E-state index contributed by atoms with van der Waals surface area (Å²) >= 11 is 0. The Balaban J connectivity index is 2.30. The summed E-state index contributed by atoms with van der Waals surface area (Å²) in [5.41, 5.74) is 0. The van der Waals surface area contributed by atoms with E-state index in [2.05, 4.69) is 5.32 Å². The molecule has 2 atom stereocenters. The van der Waals surface area contributed by atoms with E-state index in [-0.39, 0.29) is 6.04 Å². The zero-order valence-corrected chi connectivity index (χ0v) is 4.91. The molecule has 1 amide bonds. The summed E-state index contributed by atoms with van der Waals surface area (Å²) in [7, 11) is 0. The van der Waals surface area contributed by atoms with Crippen molar-refractivity contribution in [2.75, 3.05) is 13.2 Å². The molecule has 0 saturated carbocycles. The standard InChI is InChI=1S/C5H9NO3/c7-3-6-4-1-9-2-5(4)8/h3-5,8H,1-2H2,(H,6,7)/t4-,5+/m0/s1. The Bertz CT molecular complexity index is 106. The number of aliphatic hydroxyl groups excluding tert-OH is 1. The number of nitrogens with one attached hydrogen (secondary N) is 1. The molecule has 52 valence electrons. The fourth-order valence-electron chi connectivity index (χ4n) is 0.790. The van der Waals surface area contributed by atoms with Gasteiger partial charge in [-0.3, -0.25) is 4.79 Å². The molecule has 0 aromatic heterocycles. The molecule has 1 aliphatic rings. The number of ether oxygens (including phenoxy) is 1. The quantitative estimate of drug-likeness (QED) is 0.448. The highest BCUT2D eigenvalue weighted by Gasteiger charge is 2.24. The van der Waals surface area contributed by atoms with E-state index in [1.54, 1.807) is 0 Å². The fourth-order valence-corrected chi connectivity index (χ4v) is 0.790. The number of amides is 1. The Kier molecular flexibility index (Phi) is 2.02. The average Bonchev–Trinajstić information content (AvgIpc) is 2.18. The van der Waals surface area contributed by atoms with Crippen LogP contribution in [0.4, 0.5) is 0 Å². The van der Waals surface area contributed by atoms with Crippen LogP contribution < -0.4 is 5.32 Å². The Labute approximate surface area is 52.8 Å². The van der Waals surface area contributed by atoms with Crippen molar-refractivity contribution in [1.29, 1.82) is 0 Å². The first kappa shape index (κ1) is 6.51. The van der Waals surface area contributed by atoms with Gasteiger partial charge in [-0.15, -0.1) is 0 Å². The van der Waals surface area contributed by atoms with Crippen molar-refractivity contribution >= 4 is 6.41 Å². The van der Waals surface area contributed by atoms with E-state index in [1.807, 2.05) is 0 Å². The van der Waals surface area contributed by atoms with Crippen molar-refractivity contribution in [3.8, 4) is 0 Å². The van der Waals surface area contributed by atoms with Crippen LogP contribution in [0.5, 0.6) is 0 Å². The van der Waals surface area contributed by atoms with E-state index in [1.165, 1.54) is 0 Å². The molecule has 9 heavy (non-hydrogen) atoms. The van der Waals surface area contributed by atoms with Crippen LogP contribution in [0.25, 0.3) is 0 Å². The minimum absolute atomic E-state index is 0.206. The Morgan fingerprint density at radius 1 is 1.67 bits per heavy atom. The molecule has 0 aliphatic carbocycles. The predicted octanol–water partition coefficient (Wildman–Crippen LogP) is -1.51. The molecule has 4 nitrogen and oxygen atoms in total. The van der Waals surface area contributed by atoms with Gasteiger partial charge >= 0.3 is 0 Å². The van der Waals surface area contributed by atoms with Crippen LogP contribution in [-0.2, 0) is 9.53 Å². The van der Waals surface area contributed by atoms with Crippen molar-refractivity contribution < 1.29 is 14.6 Å². The molecule has 1 fully saturated rings. The molecule has 2 N–H and O–H groups in total. The van der Waals surface area contributed by atoms with Crippen LogP contribution in [0.1, 0.15) is 0 Å². The van der Waals surface area contributed by atoms with Crippen LogP contribution in [0, 0.1) is 0 Å². The Morgan fingerprint density at radius 3 is 2.89 bits per heavy atom. The zero-order chi connectivity index (χ0) is 6.69. The lowest BCUT2D eigenvalue weighted by Gasteiger charge is -2.08. The van der Waals surface area contributed by atoms with Crippen LogP contribution in [0.2, 0.25) is 0 Å². The second-order valence-electron chi connectivity index (χ2n) is 2.00. The van der Waals surface area contributed by atoms with Crippen LogP contribution in [0.15, 0.2) is 0 Å². The summed E-state index contributed by atoms with van der Waals surface area (Å²) in [4.78, 5) is 9.83. The molecule has 1 rings (SSSR count). The fraction of sp³-hybridized carbons (Fsp3) is 0.800. The van der Waals surface area contributed by atoms with E-state index < -0.39 is 6.10 Å². The number of hydrogen-bond donors (Lipinski definition) is 2. The summed E-state index contributed by atoms with van der Waals surface area (Å²) in [6, 6.07) is -0.206. The molecule has 4 heteroatoms. The minimum atomic E-state index is -0.532. The SMILES string of the molecule is O=CN[C@H]1COC[C@H]1O. The van der Waals surface area contributed by atoms with Gasteiger partial charge in [-0.05, 0) is 0 Å². The van der Waals surface area contributed by atoms with Gasteiger partial charge in [-0.1, -0.05) is 0 Å². The number of aliphatic hydroxyl groups is 1. The van der Waals surface area contributed by atoms with Crippen LogP contribution in [-0.4, -0.2) is 36.9 Å². The number of carbonyl (C=O) groups excluding carboxylic acids is 1. The molecule has 0 bridgehead atoms. The Hall–Kier alpha value is -0.610. The van der Waals surface area contributed by atoms with E-state index in [9.17, 15) is 4.79 Å². The summed E-state index contributed by atoms with van der Waals surface area (Å²) < 4.78 is 4.85. The normalized spacial score (nSPS) is 34.3. The van der Waals surface area contributed by atoms with Crippen LogP contribution >= 0.6 is 0 Å². The summed E-state index contributed by atoms with van der Waals surface area (Å²) in [5, 5.41) is 11.4. The Morgan fingerprint density at radius 2 is 2.44 bits per heavy atom. The van der Waals surface area contributed by atoms with Gasteiger partial charge in [0.05, 0.1) is 25.4 Å². The molecule has 0 unspecified atom stereocenters. The van der Waals surface area contributed by atoms with E-state index in [0.29, 0.717) is 19.6 Å². The number of rotatable bonds is 2. The lowest BCUT2D eigenvalue weighted by molar-refractivity contribution is -0.110. The molecule has 0 aromatic rings. The largest absolute Gasteiger partial charge is 0.388 e. The van der Waals surface area contributed by atoms with Gasteiger partial charge in [-0.2, -0.15) is 0 Å². The molecular weight excluding hydrogens is 122 g/mol. The molecule has 1 heterocycles. The first-order chi connectivity index (χ1) is 4.34. The third-order valence-electron chi connectivity index (χ3n) is 1.33. The maximum absolute atomic E-state index is 9.83. The third kappa shape index (κ3) is 1.40. The predicted molar refractivity (Wildman–Crippen MR) is 29.8 cm³/mol. The van der Waals surface area contributed by atoms with Gasteiger partial charge in [0.1, 0.15) is 0 Å². The third-order valence-corrected chi connectivity index (χ3v) is 1.33. The highest BCUT2D eigenvalue weighted by Crippen LogP contribution is 2.03. The van der Waals surface area contributed by atoms with Gasteiger partial charge < -0.3 is 15.2 Å². The summed E-state index contributed by atoms with van der Waals surface area (Å²) in [6.07, 6.45) is 0.0398. The molecular formula is C5H9NO3. The van der Waals surface area contributed by atoms with Gasteiger partial charge in [0.2, 0.25) is 6.41 Å². The smallest absolute Gasteiger partial charge is 0.207 e. The van der Waals surface area contributed by atoms with Crippen molar-refractivity contribution in [3.63, 3.8) is 0 Å². The van der Waals surface area contributed by atoms with Crippen molar-refractivity contribution in [2.24, 2.45) is 0 Å².